The molecule has 1 saturated carbocycles. The van der Waals surface area contributed by atoms with Crippen LogP contribution in [-0.4, -0.2) is 47.3 Å². The molecule has 2 rings (SSSR count). The molecule has 2 aliphatic carbocycles. The van der Waals surface area contributed by atoms with Crippen LogP contribution in [0, 0.1) is 35.5 Å². The van der Waals surface area contributed by atoms with Crippen molar-refractivity contribution in [3.63, 3.8) is 0 Å². The van der Waals surface area contributed by atoms with Gasteiger partial charge in [0.1, 0.15) is 0 Å². The van der Waals surface area contributed by atoms with Gasteiger partial charge in [0.2, 0.25) is 5.91 Å². The number of carbonyl (C=O) groups is 1. The van der Waals surface area contributed by atoms with E-state index in [9.17, 15) is 15.0 Å². The smallest absolute Gasteiger partial charge is 0.222 e. The monoisotopic (exact) mass is 401 g/mol. The summed E-state index contributed by atoms with van der Waals surface area (Å²) in [4.78, 5) is 13.3. The van der Waals surface area contributed by atoms with Crippen molar-refractivity contribution in [1.82, 2.24) is 4.90 Å². The quantitative estimate of drug-likeness (QED) is 0.350. The fourth-order valence-electron chi connectivity index (χ4n) is 4.55. The zero-order chi connectivity index (χ0) is 21.4. The van der Waals surface area contributed by atoms with E-state index in [2.05, 4.69) is 24.0 Å². The summed E-state index contributed by atoms with van der Waals surface area (Å²) in [5.41, 5.74) is 1.48. The molecule has 1 amide bonds. The second-order valence-electron chi connectivity index (χ2n) is 9.00. The minimum atomic E-state index is -0.518. The number of allylic oxidation sites excluding steroid dienone is 2. The number of rotatable bonds is 9. The zero-order valence-electron chi connectivity index (χ0n) is 18.6. The third kappa shape index (κ3) is 7.01. The molecule has 0 aromatic heterocycles. The summed E-state index contributed by atoms with van der Waals surface area (Å²) in [5, 5.41) is 20.9. The molecule has 0 aliphatic heterocycles. The van der Waals surface area contributed by atoms with Crippen LogP contribution in [0.25, 0.3) is 0 Å². The van der Waals surface area contributed by atoms with E-state index in [4.69, 9.17) is 0 Å². The van der Waals surface area contributed by atoms with Crippen LogP contribution in [0.5, 0.6) is 0 Å². The molecule has 29 heavy (non-hydrogen) atoms. The van der Waals surface area contributed by atoms with Crippen molar-refractivity contribution in [2.24, 2.45) is 23.7 Å². The van der Waals surface area contributed by atoms with Crippen molar-refractivity contribution in [3.05, 3.63) is 23.8 Å². The second kappa shape index (κ2) is 11.6. The predicted molar refractivity (Wildman–Crippen MR) is 118 cm³/mol. The van der Waals surface area contributed by atoms with Gasteiger partial charge in [0.25, 0.3) is 0 Å². The molecule has 0 bridgehead atoms. The lowest BCUT2D eigenvalue weighted by atomic mass is 9.88. The van der Waals surface area contributed by atoms with Crippen LogP contribution in [0.3, 0.4) is 0 Å². The Balaban J connectivity index is 1.81. The molecule has 0 saturated heterocycles. The molecule has 162 valence electrons. The molecule has 0 aromatic rings. The minimum Gasteiger partial charge on any atom is -0.392 e. The summed E-state index contributed by atoms with van der Waals surface area (Å²) in [7, 11) is 3.61. The Hall–Kier alpha value is -1.57. The van der Waals surface area contributed by atoms with Crippen molar-refractivity contribution in [1.29, 1.82) is 0 Å². The Morgan fingerprint density at radius 2 is 2.10 bits per heavy atom. The average Bonchev–Trinajstić information content (AvgIpc) is 3.19. The number of hydrogen-bond acceptors (Lipinski definition) is 3. The molecule has 4 heteroatoms. The molecule has 2 aliphatic rings. The topological polar surface area (TPSA) is 60.8 Å². The van der Waals surface area contributed by atoms with Gasteiger partial charge in [-0.3, -0.25) is 4.79 Å². The first kappa shape index (κ1) is 23.7. The van der Waals surface area contributed by atoms with E-state index >= 15 is 0 Å². The van der Waals surface area contributed by atoms with Gasteiger partial charge in [0.15, 0.2) is 0 Å². The summed E-state index contributed by atoms with van der Waals surface area (Å²) in [6.45, 7) is 4.04. The Morgan fingerprint density at radius 3 is 2.79 bits per heavy atom. The highest BCUT2D eigenvalue weighted by Gasteiger charge is 2.43. The molecule has 0 heterocycles. The number of carbonyl (C=O) groups excluding carboxylic acids is 1. The van der Waals surface area contributed by atoms with Gasteiger partial charge in [-0.25, -0.2) is 0 Å². The van der Waals surface area contributed by atoms with E-state index in [1.54, 1.807) is 19.0 Å². The van der Waals surface area contributed by atoms with E-state index in [0.717, 1.165) is 38.5 Å². The SMILES string of the molecule is CCC#CC[C@@H](C)[C@H](O)/C=C/[C@@H]1[C@H]2CC(CCCCC(=O)N(C)C)=C[C@H]2C[C@H]1O. The Morgan fingerprint density at radius 1 is 1.34 bits per heavy atom. The molecule has 0 radical (unpaired) electrons. The number of unbranched alkanes of at least 4 members (excludes halogenated alkanes) is 1. The van der Waals surface area contributed by atoms with Crippen LogP contribution >= 0.6 is 0 Å². The number of aliphatic hydroxyl groups excluding tert-OH is 2. The lowest BCUT2D eigenvalue weighted by molar-refractivity contribution is -0.128. The lowest BCUT2D eigenvalue weighted by Crippen LogP contribution is -2.21. The van der Waals surface area contributed by atoms with E-state index in [1.807, 2.05) is 19.9 Å². The van der Waals surface area contributed by atoms with E-state index < -0.39 is 6.10 Å². The fourth-order valence-corrected chi connectivity index (χ4v) is 4.55. The van der Waals surface area contributed by atoms with E-state index in [0.29, 0.717) is 24.7 Å². The van der Waals surface area contributed by atoms with Crippen LogP contribution in [0.4, 0.5) is 0 Å². The van der Waals surface area contributed by atoms with Gasteiger partial charge >= 0.3 is 0 Å². The van der Waals surface area contributed by atoms with Crippen LogP contribution in [-0.2, 0) is 4.79 Å². The third-order valence-corrected chi connectivity index (χ3v) is 6.43. The van der Waals surface area contributed by atoms with Gasteiger partial charge in [0, 0.05) is 39.3 Å². The molecule has 4 nitrogen and oxygen atoms in total. The minimum absolute atomic E-state index is 0.0989. The summed E-state index contributed by atoms with van der Waals surface area (Å²) in [5.74, 6) is 7.47. The molecule has 1 fully saturated rings. The number of nitrogens with zero attached hydrogens (tertiary/aromatic N) is 1. The van der Waals surface area contributed by atoms with Crippen molar-refractivity contribution < 1.29 is 15.0 Å². The van der Waals surface area contributed by atoms with E-state index in [1.165, 1.54) is 5.57 Å². The van der Waals surface area contributed by atoms with Crippen molar-refractivity contribution >= 4 is 5.91 Å². The van der Waals surface area contributed by atoms with Crippen molar-refractivity contribution in [2.45, 2.75) is 77.4 Å². The average molecular weight is 402 g/mol. The van der Waals surface area contributed by atoms with Gasteiger partial charge in [0.05, 0.1) is 12.2 Å². The number of hydrogen-bond donors (Lipinski definition) is 2. The van der Waals surface area contributed by atoms with Crippen LogP contribution in [0.1, 0.15) is 65.2 Å². The molecule has 2 N–H and O–H groups in total. The molecule has 0 aromatic carbocycles. The van der Waals surface area contributed by atoms with Gasteiger partial charge < -0.3 is 15.1 Å². The van der Waals surface area contributed by atoms with Crippen LogP contribution in [0.15, 0.2) is 23.8 Å². The first-order valence-corrected chi connectivity index (χ1v) is 11.2. The predicted octanol–water partition coefficient (Wildman–Crippen LogP) is 3.94. The molecule has 6 atom stereocenters. The Labute approximate surface area is 177 Å². The second-order valence-corrected chi connectivity index (χ2v) is 9.00. The zero-order valence-corrected chi connectivity index (χ0v) is 18.6. The summed E-state index contributed by atoms with van der Waals surface area (Å²) < 4.78 is 0. The molecular weight excluding hydrogens is 362 g/mol. The molecule has 0 unspecified atom stereocenters. The van der Waals surface area contributed by atoms with Crippen LogP contribution < -0.4 is 0 Å². The van der Waals surface area contributed by atoms with Gasteiger partial charge in [-0.05, 0) is 49.9 Å². The first-order chi connectivity index (χ1) is 13.8. The first-order valence-electron chi connectivity index (χ1n) is 11.2. The highest BCUT2D eigenvalue weighted by molar-refractivity contribution is 5.75. The maximum absolute atomic E-state index is 11.7. The fraction of sp³-hybridized carbons (Fsp3) is 0.720. The summed E-state index contributed by atoms with van der Waals surface area (Å²) >= 11 is 0. The number of amides is 1. The normalized spacial score (nSPS) is 27.9. The Bertz CT molecular complexity index is 655. The maximum Gasteiger partial charge on any atom is 0.222 e. The standard InChI is InChI=1S/C25H39NO3/c1-5-6-7-10-18(2)23(27)14-13-21-22-16-19(15-20(22)17-24(21)28)11-8-9-12-25(29)26(3)4/h13-15,18,20-24,27-28H,5,8-12,16-17H2,1-4H3/b14-13+/t18-,20+,21-,22+,23-,24-/m1/s1. The summed E-state index contributed by atoms with van der Waals surface area (Å²) in [6.07, 6.45) is 12.5. The molecular formula is C25H39NO3. The number of fused-ring (bicyclic) bond motifs is 1. The van der Waals surface area contributed by atoms with Crippen molar-refractivity contribution in [3.8, 4) is 11.8 Å². The maximum atomic E-state index is 11.7. The lowest BCUT2D eigenvalue weighted by Gasteiger charge is -2.20. The third-order valence-electron chi connectivity index (χ3n) is 6.43. The van der Waals surface area contributed by atoms with Gasteiger partial charge in [-0.2, -0.15) is 0 Å². The Kier molecular flexibility index (Phi) is 9.46. The highest BCUT2D eigenvalue weighted by Crippen LogP contribution is 2.48. The summed E-state index contributed by atoms with van der Waals surface area (Å²) in [6, 6.07) is 0. The van der Waals surface area contributed by atoms with Gasteiger partial charge in [-0.15, -0.1) is 11.8 Å². The molecule has 0 spiro atoms. The highest BCUT2D eigenvalue weighted by atomic mass is 16.3. The van der Waals surface area contributed by atoms with E-state index in [-0.39, 0.29) is 23.8 Å². The largest absolute Gasteiger partial charge is 0.392 e. The van der Waals surface area contributed by atoms with Gasteiger partial charge in [-0.1, -0.05) is 37.6 Å². The number of aliphatic hydroxyl groups is 2. The van der Waals surface area contributed by atoms with Crippen molar-refractivity contribution in [2.75, 3.05) is 14.1 Å². The van der Waals surface area contributed by atoms with Crippen LogP contribution in [0.2, 0.25) is 0 Å².